The average molecular weight is 736 g/mol. The molecule has 0 radical (unpaired) electrons. The zero-order valence-corrected chi connectivity index (χ0v) is 30.8. The largest absolute Gasteiger partial charge is 0.394 e. The number of likely N-dealkylation sites (tertiary alicyclic amines) is 1. The number of hydrogen-bond acceptors (Lipinski definition) is 6. The van der Waals surface area contributed by atoms with Crippen molar-refractivity contribution in [1.82, 2.24) is 9.80 Å². The summed E-state index contributed by atoms with van der Waals surface area (Å²) in [6.07, 6.45) is 3.64. The molecule has 3 heterocycles. The number of aliphatic hydroxyl groups excluding tert-OH is 1. The number of rotatable bonds is 16. The van der Waals surface area contributed by atoms with E-state index in [9.17, 15) is 14.7 Å². The predicted octanol–water partition coefficient (Wildman–Crippen LogP) is 5.42. The second-order valence-corrected chi connectivity index (χ2v) is 15.0. The van der Waals surface area contributed by atoms with Crippen molar-refractivity contribution in [1.29, 1.82) is 0 Å². The van der Waals surface area contributed by atoms with Gasteiger partial charge in [0, 0.05) is 48.9 Å². The Morgan fingerprint density at radius 3 is 2.22 bits per heavy atom. The molecule has 2 bridgehead atoms. The Morgan fingerprint density at radius 2 is 1.65 bits per heavy atom. The van der Waals surface area contributed by atoms with Gasteiger partial charge in [-0.3, -0.25) is 14.4 Å². The van der Waals surface area contributed by atoms with E-state index in [0.717, 1.165) is 24.3 Å². The molecule has 3 aliphatic heterocycles. The molecule has 3 amide bonds. The van der Waals surface area contributed by atoms with Crippen LogP contribution in [0.25, 0.3) is 0 Å². The molecule has 1 spiro atoms. The fourth-order valence-electron chi connectivity index (χ4n) is 8.28. The van der Waals surface area contributed by atoms with E-state index in [-0.39, 0.29) is 41.6 Å². The van der Waals surface area contributed by atoms with Crippen LogP contribution < -0.4 is 9.80 Å². The summed E-state index contributed by atoms with van der Waals surface area (Å²) in [5, 5.41) is 10.7. The van der Waals surface area contributed by atoms with Crippen LogP contribution in [0.3, 0.4) is 0 Å². The Hall–Kier alpha value is -3.47. The summed E-state index contributed by atoms with van der Waals surface area (Å²) in [4.78, 5) is 51.5. The average Bonchev–Trinajstić information content (AvgIpc) is 3.69. The van der Waals surface area contributed by atoms with Crippen molar-refractivity contribution in [2.24, 2.45) is 17.8 Å². The Bertz CT molecular complexity index is 1500. The molecule has 3 aliphatic rings. The van der Waals surface area contributed by atoms with Crippen molar-refractivity contribution in [3.63, 3.8) is 0 Å². The lowest BCUT2D eigenvalue weighted by Crippen LogP contribution is -2.59. The number of ether oxygens (including phenoxy) is 1. The van der Waals surface area contributed by atoms with E-state index in [0.29, 0.717) is 31.6 Å². The first-order chi connectivity index (χ1) is 23.6. The van der Waals surface area contributed by atoms with Gasteiger partial charge in [-0.25, -0.2) is 0 Å². The number of carbonyl (C=O) groups excluding carboxylic acids is 3. The monoisotopic (exact) mass is 734 g/mol. The van der Waals surface area contributed by atoms with Crippen molar-refractivity contribution in [2.45, 2.75) is 75.7 Å². The summed E-state index contributed by atoms with van der Waals surface area (Å²) < 4.78 is 6.84. The number of alkyl halides is 1. The van der Waals surface area contributed by atoms with Gasteiger partial charge in [0.05, 0.1) is 30.6 Å². The van der Waals surface area contributed by atoms with Crippen LogP contribution in [0.15, 0.2) is 79.9 Å². The number of benzene rings is 2. The smallest absolute Gasteiger partial charge is 0.253 e. The maximum absolute atomic E-state index is 15.1. The van der Waals surface area contributed by atoms with Crippen LogP contribution in [0.2, 0.25) is 0 Å². The Labute approximate surface area is 299 Å². The SMILES string of the molecule is C=CCN(Cc1ccccc1)C(=O)[C@H]1[C@H]2C(=O)N([C@@H](CO)CC(C)C)C(C(=O)N(CC=C)c3ccc(N(CC)CC)cc3)C23CC(Br)[C@@H]1O3. The van der Waals surface area contributed by atoms with E-state index in [1.807, 2.05) is 68.4 Å². The maximum atomic E-state index is 15.1. The van der Waals surface area contributed by atoms with E-state index < -0.39 is 35.6 Å². The fourth-order valence-corrected chi connectivity index (χ4v) is 9.22. The fraction of sp³-hybridized carbons (Fsp3) is 0.513. The lowest BCUT2D eigenvalue weighted by molar-refractivity contribution is -0.147. The van der Waals surface area contributed by atoms with Crippen molar-refractivity contribution < 1.29 is 24.2 Å². The van der Waals surface area contributed by atoms with Crippen molar-refractivity contribution in [3.05, 3.63) is 85.5 Å². The summed E-state index contributed by atoms with van der Waals surface area (Å²) in [5.74, 6) is -2.38. The standard InChI is InChI=1S/C39H51BrN4O5/c1-7-20-42(24-27-14-12-11-13-15-27)36(46)32-33-37(47)44(30(25-45)22-26(5)6)35(39(33)23-31(40)34(32)49-39)38(48)43(21-8-2)29-18-16-28(17-19-29)41(9-3)10-4/h7-8,11-19,26,30-35,45H,1-2,9-10,20-25H2,3-6H3/t30-,31?,32+,33+,34+,35?,39?/m1/s1. The zero-order valence-electron chi connectivity index (χ0n) is 29.2. The lowest BCUT2D eigenvalue weighted by atomic mass is 9.70. The van der Waals surface area contributed by atoms with Crippen LogP contribution in [0.1, 0.15) is 46.1 Å². The molecule has 0 saturated carbocycles. The van der Waals surface area contributed by atoms with Gasteiger partial charge >= 0.3 is 0 Å². The molecule has 9 nitrogen and oxygen atoms in total. The van der Waals surface area contributed by atoms with E-state index in [4.69, 9.17) is 4.74 Å². The van der Waals surface area contributed by atoms with E-state index in [2.05, 4.69) is 47.8 Å². The number of fused-ring (bicyclic) bond motifs is 1. The number of halogens is 1. The Balaban J connectivity index is 1.58. The highest BCUT2D eigenvalue weighted by Crippen LogP contribution is 2.61. The molecule has 5 rings (SSSR count). The van der Waals surface area contributed by atoms with Crippen LogP contribution in [0.5, 0.6) is 0 Å². The van der Waals surface area contributed by atoms with Gasteiger partial charge in [0.25, 0.3) is 5.91 Å². The van der Waals surface area contributed by atoms with Gasteiger partial charge in [-0.2, -0.15) is 0 Å². The first kappa shape index (κ1) is 36.8. The van der Waals surface area contributed by atoms with Crippen LogP contribution in [-0.4, -0.2) is 94.0 Å². The van der Waals surface area contributed by atoms with Crippen LogP contribution in [0, 0.1) is 17.8 Å². The predicted molar refractivity (Wildman–Crippen MR) is 197 cm³/mol. The molecular formula is C39H51BrN4O5. The molecule has 2 aromatic rings. The minimum Gasteiger partial charge on any atom is -0.394 e. The molecule has 49 heavy (non-hydrogen) atoms. The number of nitrogens with zero attached hydrogens (tertiary/aromatic N) is 4. The molecule has 2 aromatic carbocycles. The second kappa shape index (κ2) is 15.6. The van der Waals surface area contributed by atoms with Gasteiger partial charge in [0.15, 0.2) is 0 Å². The van der Waals surface area contributed by atoms with Crippen LogP contribution in [0.4, 0.5) is 11.4 Å². The van der Waals surface area contributed by atoms with E-state index in [1.54, 1.807) is 26.9 Å². The second-order valence-electron chi connectivity index (χ2n) is 13.8. The summed E-state index contributed by atoms with van der Waals surface area (Å²) >= 11 is 3.81. The number of amides is 3. The van der Waals surface area contributed by atoms with Gasteiger partial charge in [0.2, 0.25) is 11.8 Å². The summed E-state index contributed by atoms with van der Waals surface area (Å²) in [7, 11) is 0. The first-order valence-corrected chi connectivity index (χ1v) is 18.4. The van der Waals surface area contributed by atoms with E-state index >= 15 is 4.79 Å². The third-order valence-corrected chi connectivity index (χ3v) is 11.2. The molecule has 3 fully saturated rings. The highest BCUT2D eigenvalue weighted by molar-refractivity contribution is 9.09. The van der Waals surface area contributed by atoms with Gasteiger partial charge in [0.1, 0.15) is 11.6 Å². The van der Waals surface area contributed by atoms with Crippen molar-refractivity contribution in [2.75, 3.05) is 42.6 Å². The zero-order chi connectivity index (χ0) is 35.5. The maximum Gasteiger partial charge on any atom is 0.253 e. The highest BCUT2D eigenvalue weighted by Gasteiger charge is 2.77. The number of aliphatic hydroxyl groups is 1. The molecule has 264 valence electrons. The Morgan fingerprint density at radius 1 is 1.02 bits per heavy atom. The summed E-state index contributed by atoms with van der Waals surface area (Å²) in [6.45, 7) is 18.4. The molecule has 10 heteroatoms. The summed E-state index contributed by atoms with van der Waals surface area (Å²) in [5.41, 5.74) is 1.43. The molecule has 3 unspecified atom stereocenters. The number of hydrogen-bond donors (Lipinski definition) is 1. The van der Waals surface area contributed by atoms with Crippen molar-refractivity contribution in [3.8, 4) is 0 Å². The van der Waals surface area contributed by atoms with Gasteiger partial charge in [-0.15, -0.1) is 13.2 Å². The highest BCUT2D eigenvalue weighted by atomic mass is 79.9. The minimum absolute atomic E-state index is 0.142. The quantitative estimate of drug-likeness (QED) is 0.183. The van der Waals surface area contributed by atoms with Crippen molar-refractivity contribution >= 4 is 45.0 Å². The lowest BCUT2D eigenvalue weighted by Gasteiger charge is -2.40. The molecule has 1 N–H and O–H groups in total. The number of carbonyl (C=O) groups is 3. The third kappa shape index (κ3) is 6.84. The van der Waals surface area contributed by atoms with Crippen LogP contribution in [-0.2, 0) is 25.7 Å². The summed E-state index contributed by atoms with van der Waals surface area (Å²) in [6, 6.07) is 15.9. The van der Waals surface area contributed by atoms with E-state index in [1.165, 1.54) is 0 Å². The molecule has 7 atom stereocenters. The topological polar surface area (TPSA) is 93.6 Å². The number of anilines is 2. The van der Waals surface area contributed by atoms with Crippen LogP contribution >= 0.6 is 15.9 Å². The van der Waals surface area contributed by atoms with Gasteiger partial charge in [-0.05, 0) is 62.4 Å². The molecule has 3 saturated heterocycles. The molecule has 0 aromatic heterocycles. The van der Waals surface area contributed by atoms with Gasteiger partial charge in [-0.1, -0.05) is 72.3 Å². The Kier molecular flexibility index (Phi) is 11.7. The molecule has 0 aliphatic carbocycles. The van der Waals surface area contributed by atoms with Gasteiger partial charge < -0.3 is 29.4 Å². The first-order valence-electron chi connectivity index (χ1n) is 17.5. The molecular weight excluding hydrogens is 684 g/mol. The third-order valence-electron chi connectivity index (χ3n) is 10.3. The normalized spacial score (nSPS) is 26.1. The minimum atomic E-state index is -1.26.